The van der Waals surface area contributed by atoms with Crippen LogP contribution in [0.15, 0.2) is 36.5 Å². The molecule has 0 radical (unpaired) electrons. The number of anilines is 1. The summed E-state index contributed by atoms with van der Waals surface area (Å²) in [5, 5.41) is 5.39. The van der Waals surface area contributed by atoms with Gasteiger partial charge in [-0.1, -0.05) is 18.2 Å². The molecular formula is C12H14N6OS. The molecule has 1 aromatic carbocycles. The third-order valence-corrected chi connectivity index (χ3v) is 2.93. The van der Waals surface area contributed by atoms with Crippen molar-refractivity contribution in [3.8, 4) is 5.69 Å². The molecule has 0 unspecified atom stereocenters. The third kappa shape index (κ3) is 2.69. The Morgan fingerprint density at radius 2 is 2.05 bits per heavy atom. The van der Waals surface area contributed by atoms with Crippen molar-refractivity contribution in [3.63, 3.8) is 0 Å². The van der Waals surface area contributed by atoms with Crippen LogP contribution in [0.5, 0.6) is 0 Å². The summed E-state index contributed by atoms with van der Waals surface area (Å²) in [7, 11) is 1.54. The summed E-state index contributed by atoms with van der Waals surface area (Å²) in [6.07, 6.45) is 1.39. The number of nitrogens with zero attached hydrogens (tertiary/aromatic N) is 3. The predicted octanol–water partition coefficient (Wildman–Crippen LogP) is 0.275. The van der Waals surface area contributed by atoms with E-state index in [9.17, 15) is 4.79 Å². The van der Waals surface area contributed by atoms with E-state index in [0.717, 1.165) is 5.69 Å². The maximum Gasteiger partial charge on any atom is 0.275 e. The number of hydrogen-bond donors (Lipinski definition) is 3. The molecule has 1 aromatic heterocycles. The number of rotatable bonds is 2. The van der Waals surface area contributed by atoms with Crippen LogP contribution in [-0.4, -0.2) is 32.9 Å². The Balaban J connectivity index is 2.25. The highest BCUT2D eigenvalue weighted by molar-refractivity contribution is 7.80. The van der Waals surface area contributed by atoms with Crippen LogP contribution in [0.3, 0.4) is 0 Å². The number of thiocarbonyl (C=S) groups is 1. The van der Waals surface area contributed by atoms with Crippen molar-refractivity contribution < 1.29 is 4.79 Å². The highest BCUT2D eigenvalue weighted by Crippen LogP contribution is 2.16. The van der Waals surface area contributed by atoms with Crippen LogP contribution in [0.25, 0.3) is 5.69 Å². The maximum absolute atomic E-state index is 12.0. The van der Waals surface area contributed by atoms with E-state index in [-0.39, 0.29) is 16.5 Å². The molecule has 20 heavy (non-hydrogen) atoms. The quantitative estimate of drug-likeness (QED) is 0.542. The van der Waals surface area contributed by atoms with Crippen molar-refractivity contribution >= 4 is 29.1 Å². The number of amides is 1. The monoisotopic (exact) mass is 290 g/mol. The number of nitrogens with two attached hydrogens (primary N) is 2. The van der Waals surface area contributed by atoms with Gasteiger partial charge in [0.2, 0.25) is 0 Å². The fraction of sp³-hybridized carbons (Fsp3) is 0.0833. The smallest absolute Gasteiger partial charge is 0.275 e. The fourth-order valence-electron chi connectivity index (χ4n) is 1.58. The zero-order chi connectivity index (χ0) is 14.7. The van der Waals surface area contributed by atoms with Gasteiger partial charge in [-0.2, -0.15) is 5.10 Å². The van der Waals surface area contributed by atoms with Crippen LogP contribution < -0.4 is 16.9 Å². The average Bonchev–Trinajstić information content (AvgIpc) is 2.81. The first-order valence-corrected chi connectivity index (χ1v) is 6.14. The van der Waals surface area contributed by atoms with Crippen molar-refractivity contribution in [2.45, 2.75) is 0 Å². The zero-order valence-corrected chi connectivity index (χ0v) is 11.6. The van der Waals surface area contributed by atoms with Gasteiger partial charge in [-0.25, -0.2) is 4.68 Å². The van der Waals surface area contributed by atoms with Gasteiger partial charge >= 0.3 is 0 Å². The highest BCUT2D eigenvalue weighted by Gasteiger charge is 2.17. The van der Waals surface area contributed by atoms with E-state index in [1.807, 2.05) is 30.3 Å². The minimum absolute atomic E-state index is 0.0485. The topological polar surface area (TPSA) is 102 Å². The van der Waals surface area contributed by atoms with Gasteiger partial charge in [-0.15, -0.1) is 0 Å². The molecule has 0 atom stereocenters. The summed E-state index contributed by atoms with van der Waals surface area (Å²) in [5.74, 6) is -0.190. The van der Waals surface area contributed by atoms with Crippen molar-refractivity contribution in [3.05, 3.63) is 42.1 Å². The Kier molecular flexibility index (Phi) is 3.85. The van der Waals surface area contributed by atoms with Gasteiger partial charge in [0.15, 0.2) is 5.11 Å². The second-order valence-corrected chi connectivity index (χ2v) is 4.45. The summed E-state index contributed by atoms with van der Waals surface area (Å²) in [6.45, 7) is 0. The van der Waals surface area contributed by atoms with Gasteiger partial charge in [0.05, 0.1) is 11.9 Å². The first-order chi connectivity index (χ1) is 9.50. The maximum atomic E-state index is 12.0. The number of para-hydroxylation sites is 1. The van der Waals surface area contributed by atoms with E-state index in [1.54, 1.807) is 0 Å². The molecule has 1 amide bonds. The third-order valence-electron chi connectivity index (χ3n) is 2.65. The molecule has 2 rings (SSSR count). The second-order valence-electron chi connectivity index (χ2n) is 4.03. The van der Waals surface area contributed by atoms with Gasteiger partial charge in [0.1, 0.15) is 11.4 Å². The minimum Gasteiger partial charge on any atom is -0.383 e. The van der Waals surface area contributed by atoms with E-state index < -0.39 is 5.91 Å². The lowest BCUT2D eigenvalue weighted by atomic mass is 10.3. The lowest BCUT2D eigenvalue weighted by Gasteiger charge is -2.17. The Hall–Kier alpha value is -2.61. The summed E-state index contributed by atoms with van der Waals surface area (Å²) in [5.41, 5.74) is 14.8. The molecule has 0 bridgehead atoms. The molecule has 7 nitrogen and oxygen atoms in total. The molecule has 0 aliphatic rings. The van der Waals surface area contributed by atoms with Crippen molar-refractivity contribution in [1.82, 2.24) is 20.2 Å². The molecule has 0 saturated carbocycles. The molecule has 2 aromatic rings. The summed E-state index contributed by atoms with van der Waals surface area (Å²) in [6, 6.07) is 9.28. The van der Waals surface area contributed by atoms with Crippen LogP contribution in [-0.2, 0) is 0 Å². The lowest BCUT2D eigenvalue weighted by molar-refractivity contribution is 0.0889. The molecule has 104 valence electrons. The number of carbonyl (C=O) groups is 1. The van der Waals surface area contributed by atoms with Crippen molar-refractivity contribution in [2.75, 3.05) is 12.8 Å². The Bertz CT molecular complexity index is 639. The number of aromatic nitrogens is 2. The summed E-state index contributed by atoms with van der Waals surface area (Å²) in [4.78, 5) is 12.0. The van der Waals surface area contributed by atoms with Crippen molar-refractivity contribution in [2.24, 2.45) is 5.73 Å². The summed E-state index contributed by atoms with van der Waals surface area (Å²) >= 11 is 4.74. The van der Waals surface area contributed by atoms with Gasteiger partial charge in [0.25, 0.3) is 5.91 Å². The van der Waals surface area contributed by atoms with E-state index in [0.29, 0.717) is 0 Å². The zero-order valence-electron chi connectivity index (χ0n) is 10.8. The molecule has 0 saturated heterocycles. The van der Waals surface area contributed by atoms with E-state index in [4.69, 9.17) is 23.7 Å². The summed E-state index contributed by atoms with van der Waals surface area (Å²) < 4.78 is 1.48. The molecule has 0 fully saturated rings. The van der Waals surface area contributed by atoms with Crippen LogP contribution >= 0.6 is 12.2 Å². The van der Waals surface area contributed by atoms with Gasteiger partial charge in [-0.3, -0.25) is 15.2 Å². The number of nitrogen functional groups attached to an aromatic ring is 1. The van der Waals surface area contributed by atoms with Crippen LogP contribution in [0.1, 0.15) is 10.4 Å². The molecule has 1 heterocycles. The number of benzene rings is 1. The Labute approximate surface area is 121 Å². The fourth-order valence-corrected chi connectivity index (χ4v) is 1.62. The van der Waals surface area contributed by atoms with Crippen LogP contribution in [0.2, 0.25) is 0 Å². The Morgan fingerprint density at radius 1 is 1.40 bits per heavy atom. The number of carbonyl (C=O) groups excluding carboxylic acids is 1. The van der Waals surface area contributed by atoms with Gasteiger partial charge < -0.3 is 11.5 Å². The molecular weight excluding hydrogens is 276 g/mol. The second kappa shape index (κ2) is 5.57. The lowest BCUT2D eigenvalue weighted by Crippen LogP contribution is -2.45. The standard InChI is InChI=1S/C12H14N6OS/c1-17(12(14)20)16-11(19)9-7-15-18(10(9)13)8-5-3-2-4-6-8/h2-7H,13H2,1H3,(H2,14,20)(H,16,19). The molecule has 0 spiro atoms. The average molecular weight is 290 g/mol. The van der Waals surface area contributed by atoms with Gasteiger partial charge in [-0.05, 0) is 24.4 Å². The van der Waals surface area contributed by atoms with Crippen LogP contribution in [0.4, 0.5) is 5.82 Å². The number of hydrazine groups is 1. The van der Waals surface area contributed by atoms with Crippen molar-refractivity contribution in [1.29, 1.82) is 0 Å². The van der Waals surface area contributed by atoms with Gasteiger partial charge in [0, 0.05) is 7.05 Å². The van der Waals surface area contributed by atoms with E-state index in [1.165, 1.54) is 22.9 Å². The highest BCUT2D eigenvalue weighted by atomic mass is 32.1. The first-order valence-electron chi connectivity index (χ1n) is 5.73. The molecule has 0 aliphatic carbocycles. The van der Waals surface area contributed by atoms with Crippen LogP contribution in [0, 0.1) is 0 Å². The number of nitrogens with one attached hydrogen (secondary N) is 1. The normalized spacial score (nSPS) is 10.1. The van der Waals surface area contributed by atoms with E-state index in [2.05, 4.69) is 10.5 Å². The Morgan fingerprint density at radius 3 is 2.65 bits per heavy atom. The van der Waals surface area contributed by atoms with E-state index >= 15 is 0 Å². The molecule has 5 N–H and O–H groups in total. The first kappa shape index (κ1) is 13.8. The SMILES string of the molecule is CN(NC(=O)c1cnn(-c2ccccc2)c1N)C(N)=S. The predicted molar refractivity (Wildman–Crippen MR) is 80.0 cm³/mol. The number of hydrogen-bond acceptors (Lipinski definition) is 4. The largest absolute Gasteiger partial charge is 0.383 e. The molecule has 8 heteroatoms. The minimum atomic E-state index is -0.431. The molecule has 0 aliphatic heterocycles.